The third-order valence-electron chi connectivity index (χ3n) is 2.40. The Bertz CT molecular complexity index is 421. The van der Waals surface area contributed by atoms with Crippen LogP contribution in [0.15, 0.2) is 29.3 Å². The van der Waals surface area contributed by atoms with Crippen molar-refractivity contribution in [2.24, 2.45) is 0 Å². The van der Waals surface area contributed by atoms with Gasteiger partial charge in [0.15, 0.2) is 11.5 Å². The molecule has 1 atom stereocenters. The highest BCUT2D eigenvalue weighted by Crippen LogP contribution is 2.36. The van der Waals surface area contributed by atoms with Crippen molar-refractivity contribution in [3.05, 3.63) is 34.8 Å². The fourth-order valence-corrected chi connectivity index (χ4v) is 2.19. The Morgan fingerprint density at radius 3 is 2.84 bits per heavy atom. The molecule has 0 bridgehead atoms. The Morgan fingerprint density at radius 1 is 1.53 bits per heavy atom. The van der Waals surface area contributed by atoms with Crippen molar-refractivity contribution < 1.29 is 14.6 Å². The van der Waals surface area contributed by atoms with Gasteiger partial charge in [-0.1, -0.05) is 12.7 Å². The van der Waals surface area contributed by atoms with Crippen LogP contribution in [0, 0.1) is 0 Å². The molecule has 5 heteroatoms. The largest absolute Gasteiger partial charge is 0.493 e. The molecule has 0 aliphatic rings. The number of aliphatic hydroxyl groups is 1. The maximum absolute atomic E-state index is 9.20. The summed E-state index contributed by atoms with van der Waals surface area (Å²) in [7, 11) is 1.61. The van der Waals surface area contributed by atoms with Crippen molar-refractivity contribution in [2.45, 2.75) is 19.6 Å². The Morgan fingerprint density at radius 2 is 2.26 bits per heavy atom. The number of methoxy groups -OCH3 is 1. The summed E-state index contributed by atoms with van der Waals surface area (Å²) in [6, 6.07) is 3.88. The maximum Gasteiger partial charge on any atom is 0.175 e. The fourth-order valence-electron chi connectivity index (χ4n) is 1.58. The minimum absolute atomic E-state index is 0.361. The van der Waals surface area contributed by atoms with Crippen LogP contribution >= 0.6 is 15.9 Å². The molecule has 0 aromatic heterocycles. The molecule has 1 aromatic rings. The van der Waals surface area contributed by atoms with Crippen molar-refractivity contribution in [3.8, 4) is 11.5 Å². The van der Waals surface area contributed by atoms with Crippen molar-refractivity contribution in [2.75, 3.05) is 20.3 Å². The number of rotatable bonds is 8. The maximum atomic E-state index is 9.20. The second-order valence-corrected chi connectivity index (χ2v) is 5.04. The van der Waals surface area contributed by atoms with Crippen LogP contribution in [-0.4, -0.2) is 31.5 Å². The molecule has 0 amide bonds. The van der Waals surface area contributed by atoms with Crippen LogP contribution in [-0.2, 0) is 6.54 Å². The van der Waals surface area contributed by atoms with Crippen LogP contribution in [0.5, 0.6) is 11.5 Å². The van der Waals surface area contributed by atoms with Gasteiger partial charge in [-0.25, -0.2) is 0 Å². The molecule has 0 aliphatic carbocycles. The molecule has 0 radical (unpaired) electrons. The van der Waals surface area contributed by atoms with E-state index in [9.17, 15) is 5.11 Å². The van der Waals surface area contributed by atoms with E-state index < -0.39 is 0 Å². The number of benzene rings is 1. The third-order valence-corrected chi connectivity index (χ3v) is 2.99. The van der Waals surface area contributed by atoms with Crippen molar-refractivity contribution in [1.82, 2.24) is 5.32 Å². The molecule has 4 nitrogen and oxygen atoms in total. The van der Waals surface area contributed by atoms with Crippen molar-refractivity contribution in [1.29, 1.82) is 0 Å². The molecule has 0 heterocycles. The van der Waals surface area contributed by atoms with Gasteiger partial charge in [-0.05, 0) is 40.5 Å². The highest BCUT2D eigenvalue weighted by atomic mass is 79.9. The van der Waals surface area contributed by atoms with Crippen LogP contribution in [0.4, 0.5) is 0 Å². The lowest BCUT2D eigenvalue weighted by molar-refractivity contribution is 0.191. The monoisotopic (exact) mass is 329 g/mol. The number of aliphatic hydroxyl groups excluding tert-OH is 1. The summed E-state index contributed by atoms with van der Waals surface area (Å²) in [6.45, 7) is 7.00. The summed E-state index contributed by atoms with van der Waals surface area (Å²) in [5.41, 5.74) is 1.05. The first kappa shape index (κ1) is 16.0. The number of ether oxygens (including phenoxy) is 2. The Hall–Kier alpha value is -1.04. The van der Waals surface area contributed by atoms with Crippen LogP contribution in [0.25, 0.3) is 0 Å². The lowest BCUT2D eigenvalue weighted by Crippen LogP contribution is -2.23. The lowest BCUT2D eigenvalue weighted by Gasteiger charge is -2.14. The highest BCUT2D eigenvalue weighted by Gasteiger charge is 2.11. The summed E-state index contributed by atoms with van der Waals surface area (Å²) in [4.78, 5) is 0. The molecule has 0 saturated carbocycles. The van der Waals surface area contributed by atoms with E-state index >= 15 is 0 Å². The first-order chi connectivity index (χ1) is 9.08. The number of hydrogen-bond acceptors (Lipinski definition) is 4. The second-order valence-electron chi connectivity index (χ2n) is 4.19. The second kappa shape index (κ2) is 8.19. The van der Waals surface area contributed by atoms with E-state index in [4.69, 9.17) is 9.47 Å². The van der Waals surface area contributed by atoms with E-state index in [1.807, 2.05) is 12.1 Å². The lowest BCUT2D eigenvalue weighted by atomic mass is 10.2. The average Bonchev–Trinajstić information content (AvgIpc) is 2.36. The molecular weight excluding hydrogens is 310 g/mol. The molecule has 0 aliphatic heterocycles. The fraction of sp³-hybridized carbons (Fsp3) is 0.429. The third kappa shape index (κ3) is 5.22. The van der Waals surface area contributed by atoms with Gasteiger partial charge in [0.25, 0.3) is 0 Å². The van der Waals surface area contributed by atoms with Crippen LogP contribution in [0.3, 0.4) is 0 Å². The molecular formula is C14H20BrNO3. The Balaban J connectivity index is 2.80. The van der Waals surface area contributed by atoms with E-state index in [2.05, 4.69) is 27.8 Å². The van der Waals surface area contributed by atoms with E-state index in [1.54, 1.807) is 20.1 Å². The quantitative estimate of drug-likeness (QED) is 0.719. The summed E-state index contributed by atoms with van der Waals surface area (Å²) in [5, 5.41) is 12.4. The molecule has 0 spiro atoms. The average molecular weight is 330 g/mol. The van der Waals surface area contributed by atoms with Gasteiger partial charge in [0.1, 0.15) is 6.61 Å². The van der Waals surface area contributed by atoms with E-state index in [0.29, 0.717) is 31.2 Å². The summed E-state index contributed by atoms with van der Waals surface area (Å²) in [5.74, 6) is 1.34. The molecule has 106 valence electrons. The molecule has 0 fully saturated rings. The van der Waals surface area contributed by atoms with Crippen molar-refractivity contribution in [3.63, 3.8) is 0 Å². The number of hydrogen-bond donors (Lipinski definition) is 2. The zero-order chi connectivity index (χ0) is 14.3. The zero-order valence-corrected chi connectivity index (χ0v) is 12.9. The van der Waals surface area contributed by atoms with Crippen LogP contribution in [0.1, 0.15) is 12.5 Å². The molecule has 0 unspecified atom stereocenters. The van der Waals surface area contributed by atoms with E-state index in [0.717, 1.165) is 10.0 Å². The first-order valence-corrected chi connectivity index (χ1v) is 6.86. The summed E-state index contributed by atoms with van der Waals surface area (Å²) >= 11 is 3.47. The Kier molecular flexibility index (Phi) is 6.91. The summed E-state index contributed by atoms with van der Waals surface area (Å²) < 4.78 is 11.7. The van der Waals surface area contributed by atoms with Gasteiger partial charge < -0.3 is 19.9 Å². The molecule has 19 heavy (non-hydrogen) atoms. The number of nitrogens with one attached hydrogen (secondary N) is 1. The zero-order valence-electron chi connectivity index (χ0n) is 11.3. The number of halogens is 1. The van der Waals surface area contributed by atoms with Crippen LogP contribution < -0.4 is 14.8 Å². The van der Waals surface area contributed by atoms with Gasteiger partial charge in [0.05, 0.1) is 17.7 Å². The molecule has 2 N–H and O–H groups in total. The topological polar surface area (TPSA) is 50.7 Å². The van der Waals surface area contributed by atoms with E-state index in [1.165, 1.54) is 0 Å². The van der Waals surface area contributed by atoms with Gasteiger partial charge in [0, 0.05) is 13.1 Å². The highest BCUT2D eigenvalue weighted by molar-refractivity contribution is 9.10. The minimum atomic E-state index is -0.361. The predicted molar refractivity (Wildman–Crippen MR) is 79.8 cm³/mol. The minimum Gasteiger partial charge on any atom is -0.493 e. The van der Waals surface area contributed by atoms with Crippen molar-refractivity contribution >= 4 is 15.9 Å². The SMILES string of the molecule is C=CCOc1c(Br)cc(CNC[C@@H](C)O)cc1OC. The van der Waals surface area contributed by atoms with Gasteiger partial charge in [-0.15, -0.1) is 0 Å². The first-order valence-electron chi connectivity index (χ1n) is 6.07. The normalized spacial score (nSPS) is 12.0. The van der Waals surface area contributed by atoms with E-state index in [-0.39, 0.29) is 6.10 Å². The Labute approximate surface area is 122 Å². The smallest absolute Gasteiger partial charge is 0.175 e. The predicted octanol–water partition coefficient (Wildman–Crippen LogP) is 2.49. The standard InChI is InChI=1S/C14H20BrNO3/c1-4-5-19-14-12(15)6-11(7-13(14)18-3)9-16-8-10(2)17/h4,6-7,10,16-17H,1,5,8-9H2,2-3H3/t10-/m1/s1. The molecule has 0 saturated heterocycles. The molecule has 1 rings (SSSR count). The van der Waals surface area contributed by atoms with Gasteiger partial charge in [-0.2, -0.15) is 0 Å². The van der Waals surface area contributed by atoms with Gasteiger partial charge in [-0.3, -0.25) is 0 Å². The van der Waals surface area contributed by atoms with Crippen LogP contribution in [0.2, 0.25) is 0 Å². The van der Waals surface area contributed by atoms with Gasteiger partial charge >= 0.3 is 0 Å². The van der Waals surface area contributed by atoms with Gasteiger partial charge in [0.2, 0.25) is 0 Å². The molecule has 1 aromatic carbocycles. The summed E-state index contributed by atoms with van der Waals surface area (Å²) in [6.07, 6.45) is 1.32.